The molecule has 1 saturated heterocycles. The number of aliphatic hydroxyl groups is 1. The van der Waals surface area contributed by atoms with Gasteiger partial charge in [0, 0.05) is 58.3 Å². The van der Waals surface area contributed by atoms with Crippen LogP contribution in [0.15, 0.2) is 53.0 Å². The molecule has 0 bridgehead atoms. The SMILES string of the molecule is CCOc1cc(OCc2cccc(-c3cccc(NCCCCN4CCCC4)c3C=N)c2Br)c(Cl)cc1CNC(C)CO. The van der Waals surface area contributed by atoms with Crippen molar-refractivity contribution in [2.75, 3.05) is 44.7 Å². The normalized spacial score (nSPS) is 14.1. The first-order valence-electron chi connectivity index (χ1n) is 15.2. The van der Waals surface area contributed by atoms with Crippen LogP contribution >= 0.6 is 27.5 Å². The predicted octanol–water partition coefficient (Wildman–Crippen LogP) is 7.50. The molecule has 1 atom stereocenters. The minimum absolute atomic E-state index is 0.0388. The van der Waals surface area contributed by atoms with Crippen LogP contribution in [0.3, 0.4) is 0 Å². The average molecular weight is 672 g/mol. The Bertz CT molecular complexity index is 1350. The van der Waals surface area contributed by atoms with Gasteiger partial charge in [-0.1, -0.05) is 41.9 Å². The second-order valence-corrected chi connectivity index (χ2v) is 12.1. The zero-order valence-electron chi connectivity index (χ0n) is 25.2. The third-order valence-corrected chi connectivity index (χ3v) is 8.98. The molecule has 0 radical (unpaired) electrons. The van der Waals surface area contributed by atoms with E-state index in [0.29, 0.717) is 36.3 Å². The standard InChI is InChI=1S/C34H44BrClN4O3/c1-3-42-32-19-33(30(36)18-26(32)21-39-24(2)22-41)43-23-25-10-8-12-28(34(25)35)27-11-9-13-31(29(27)20-37)38-14-4-5-15-40-16-6-7-17-40/h8-13,18-20,24,37-39,41H,3-7,14-17,21-23H2,1-2H3. The van der Waals surface area contributed by atoms with E-state index in [-0.39, 0.29) is 12.6 Å². The van der Waals surface area contributed by atoms with Gasteiger partial charge < -0.3 is 35.5 Å². The Kier molecular flexibility index (Phi) is 13.2. The summed E-state index contributed by atoms with van der Waals surface area (Å²) < 4.78 is 13.0. The molecule has 9 heteroatoms. The van der Waals surface area contributed by atoms with Crippen LogP contribution in [0.1, 0.15) is 56.2 Å². The highest BCUT2D eigenvalue weighted by Crippen LogP contribution is 2.37. The van der Waals surface area contributed by atoms with Crippen LogP contribution in [0, 0.1) is 5.41 Å². The first-order valence-corrected chi connectivity index (χ1v) is 16.4. The maximum Gasteiger partial charge on any atom is 0.142 e. The van der Waals surface area contributed by atoms with Crippen molar-refractivity contribution >= 4 is 39.4 Å². The molecule has 1 aliphatic rings. The van der Waals surface area contributed by atoms with Crippen LogP contribution in [0.25, 0.3) is 11.1 Å². The molecule has 0 amide bonds. The third-order valence-electron chi connectivity index (χ3n) is 7.75. The molecule has 3 aromatic carbocycles. The van der Waals surface area contributed by atoms with E-state index in [1.165, 1.54) is 45.1 Å². The number of ether oxygens (including phenoxy) is 2. The zero-order chi connectivity index (χ0) is 30.6. The van der Waals surface area contributed by atoms with Crippen molar-refractivity contribution in [2.45, 2.75) is 58.7 Å². The second kappa shape index (κ2) is 17.0. The fourth-order valence-electron chi connectivity index (χ4n) is 5.32. The fraction of sp³-hybridized carbons (Fsp3) is 0.441. The maximum absolute atomic E-state index is 9.34. The smallest absolute Gasteiger partial charge is 0.142 e. The van der Waals surface area contributed by atoms with Crippen molar-refractivity contribution < 1.29 is 14.6 Å². The number of aliphatic hydroxyl groups excluding tert-OH is 1. The number of unbranched alkanes of at least 4 members (excludes halogenated alkanes) is 1. The molecule has 0 aliphatic carbocycles. The van der Waals surface area contributed by atoms with Gasteiger partial charge in [-0.3, -0.25) is 0 Å². The molecule has 232 valence electrons. The van der Waals surface area contributed by atoms with E-state index in [1.807, 2.05) is 50.2 Å². The lowest BCUT2D eigenvalue weighted by molar-refractivity contribution is 0.250. The maximum atomic E-state index is 9.34. The van der Waals surface area contributed by atoms with Crippen LogP contribution < -0.4 is 20.1 Å². The van der Waals surface area contributed by atoms with Crippen LogP contribution in [0.4, 0.5) is 5.69 Å². The van der Waals surface area contributed by atoms with Crippen LogP contribution in [0.5, 0.6) is 11.5 Å². The Hall–Kier alpha value is -2.62. The highest BCUT2D eigenvalue weighted by atomic mass is 79.9. The molecule has 0 saturated carbocycles. The summed E-state index contributed by atoms with van der Waals surface area (Å²) in [4.78, 5) is 2.55. The number of benzene rings is 3. The highest BCUT2D eigenvalue weighted by Gasteiger charge is 2.16. The Labute approximate surface area is 269 Å². The van der Waals surface area contributed by atoms with E-state index in [1.54, 1.807) is 0 Å². The van der Waals surface area contributed by atoms with Crippen molar-refractivity contribution in [3.05, 3.63) is 74.7 Å². The van der Waals surface area contributed by atoms with Gasteiger partial charge in [0.2, 0.25) is 0 Å². The molecule has 4 rings (SSSR count). The van der Waals surface area contributed by atoms with E-state index in [4.69, 9.17) is 26.5 Å². The molecule has 0 spiro atoms. The molecule has 1 heterocycles. The van der Waals surface area contributed by atoms with Gasteiger partial charge in [0.1, 0.15) is 18.1 Å². The lowest BCUT2D eigenvalue weighted by atomic mass is 9.97. The number of halogens is 2. The molecule has 1 aliphatic heterocycles. The van der Waals surface area contributed by atoms with Gasteiger partial charge in [-0.05, 0) is 98.4 Å². The first kappa shape index (κ1) is 33.3. The van der Waals surface area contributed by atoms with Gasteiger partial charge in [0.05, 0.1) is 18.2 Å². The second-order valence-electron chi connectivity index (χ2n) is 10.9. The third kappa shape index (κ3) is 9.19. The summed E-state index contributed by atoms with van der Waals surface area (Å²) in [5.41, 5.74) is 5.69. The summed E-state index contributed by atoms with van der Waals surface area (Å²) in [6.07, 6.45) is 6.37. The minimum Gasteiger partial charge on any atom is -0.493 e. The molecular weight excluding hydrogens is 628 g/mol. The van der Waals surface area contributed by atoms with Crippen molar-refractivity contribution in [1.29, 1.82) is 5.41 Å². The van der Waals surface area contributed by atoms with E-state index < -0.39 is 0 Å². The Balaban J connectivity index is 1.46. The summed E-state index contributed by atoms with van der Waals surface area (Å²) in [5.74, 6) is 1.24. The lowest BCUT2D eigenvalue weighted by Gasteiger charge is -2.18. The van der Waals surface area contributed by atoms with Gasteiger partial charge in [-0.25, -0.2) is 0 Å². The molecule has 7 nitrogen and oxygen atoms in total. The molecular formula is C34H44BrClN4O3. The van der Waals surface area contributed by atoms with Gasteiger partial charge >= 0.3 is 0 Å². The van der Waals surface area contributed by atoms with E-state index >= 15 is 0 Å². The minimum atomic E-state index is -0.0388. The Morgan fingerprint density at radius 1 is 1.05 bits per heavy atom. The van der Waals surface area contributed by atoms with Crippen molar-refractivity contribution in [3.8, 4) is 22.6 Å². The first-order chi connectivity index (χ1) is 20.9. The van der Waals surface area contributed by atoms with Gasteiger partial charge in [-0.15, -0.1) is 0 Å². The summed E-state index contributed by atoms with van der Waals surface area (Å²) in [7, 11) is 0. The lowest BCUT2D eigenvalue weighted by Crippen LogP contribution is -2.28. The van der Waals surface area contributed by atoms with Gasteiger partial charge in [-0.2, -0.15) is 0 Å². The number of nitrogens with one attached hydrogen (secondary N) is 3. The van der Waals surface area contributed by atoms with E-state index in [9.17, 15) is 5.11 Å². The van der Waals surface area contributed by atoms with Crippen molar-refractivity contribution in [1.82, 2.24) is 10.2 Å². The number of anilines is 1. The number of likely N-dealkylation sites (tertiary alicyclic amines) is 1. The van der Waals surface area contributed by atoms with E-state index in [0.717, 1.165) is 50.9 Å². The molecule has 4 N–H and O–H groups in total. The van der Waals surface area contributed by atoms with E-state index in [2.05, 4.69) is 43.6 Å². The summed E-state index contributed by atoms with van der Waals surface area (Å²) >= 11 is 10.5. The zero-order valence-corrected chi connectivity index (χ0v) is 27.6. The van der Waals surface area contributed by atoms with Crippen LogP contribution in [-0.4, -0.2) is 61.7 Å². The number of nitrogens with zero attached hydrogens (tertiary/aromatic N) is 1. The quantitative estimate of drug-likeness (QED) is 0.0878. The Morgan fingerprint density at radius 3 is 2.56 bits per heavy atom. The number of hydrogen-bond donors (Lipinski definition) is 4. The number of hydrogen-bond acceptors (Lipinski definition) is 7. The molecule has 3 aromatic rings. The molecule has 1 unspecified atom stereocenters. The molecule has 0 aromatic heterocycles. The number of rotatable bonds is 17. The molecule has 43 heavy (non-hydrogen) atoms. The molecule has 1 fully saturated rings. The van der Waals surface area contributed by atoms with Crippen molar-refractivity contribution in [3.63, 3.8) is 0 Å². The average Bonchev–Trinajstić information content (AvgIpc) is 3.54. The van der Waals surface area contributed by atoms with Gasteiger partial charge in [0.25, 0.3) is 0 Å². The summed E-state index contributed by atoms with van der Waals surface area (Å²) in [6, 6.07) is 15.9. The van der Waals surface area contributed by atoms with Crippen molar-refractivity contribution in [2.24, 2.45) is 0 Å². The summed E-state index contributed by atoms with van der Waals surface area (Å²) in [6.45, 7) is 9.77. The predicted molar refractivity (Wildman–Crippen MR) is 181 cm³/mol. The Morgan fingerprint density at radius 2 is 1.81 bits per heavy atom. The topological polar surface area (TPSA) is 89.8 Å². The van der Waals surface area contributed by atoms with Crippen LogP contribution in [-0.2, 0) is 13.2 Å². The monoisotopic (exact) mass is 670 g/mol. The summed E-state index contributed by atoms with van der Waals surface area (Å²) in [5, 5.41) is 24.9. The van der Waals surface area contributed by atoms with Gasteiger partial charge in [0.15, 0.2) is 0 Å². The highest BCUT2D eigenvalue weighted by molar-refractivity contribution is 9.10. The largest absolute Gasteiger partial charge is 0.493 e. The fourth-order valence-corrected chi connectivity index (χ4v) is 6.15. The van der Waals surface area contributed by atoms with Crippen LogP contribution in [0.2, 0.25) is 5.02 Å².